The fourth-order valence-electron chi connectivity index (χ4n) is 4.90. The maximum Gasteiger partial charge on any atom is 0.243 e. The van der Waals surface area contributed by atoms with E-state index in [0.29, 0.717) is 29.8 Å². The van der Waals surface area contributed by atoms with Crippen molar-refractivity contribution in [2.24, 2.45) is 0 Å². The molecule has 0 radical (unpaired) electrons. The van der Waals surface area contributed by atoms with Gasteiger partial charge in [-0.15, -0.1) is 10.2 Å². The molecule has 1 saturated heterocycles. The van der Waals surface area contributed by atoms with Crippen LogP contribution in [0.1, 0.15) is 19.3 Å². The third kappa shape index (κ3) is 5.27. The second-order valence-electron chi connectivity index (χ2n) is 9.55. The maximum absolute atomic E-state index is 12.9. The Bertz CT molecular complexity index is 1740. The molecule has 6 rings (SSSR count). The van der Waals surface area contributed by atoms with E-state index in [-0.39, 0.29) is 16.6 Å². The summed E-state index contributed by atoms with van der Waals surface area (Å²) in [6.45, 7) is 1.10. The summed E-state index contributed by atoms with van der Waals surface area (Å²) in [6, 6.07) is 24.2. The minimum atomic E-state index is -3.52. The van der Waals surface area contributed by atoms with Gasteiger partial charge < -0.3 is 10.3 Å². The van der Waals surface area contributed by atoms with E-state index in [2.05, 4.69) is 20.5 Å². The Hall–Kier alpha value is -3.93. The van der Waals surface area contributed by atoms with E-state index < -0.39 is 10.0 Å². The van der Waals surface area contributed by atoms with E-state index in [0.717, 1.165) is 41.4 Å². The van der Waals surface area contributed by atoms with Gasteiger partial charge in [0.2, 0.25) is 15.9 Å². The summed E-state index contributed by atoms with van der Waals surface area (Å²) in [6.07, 6.45) is 4.74. The number of hydrogen-bond donors (Lipinski definition) is 2. The standard InChI is InChI=1S/C29H28N6O3S2/c36-27(31-21-13-15-23(16-14-21)40(37,38)34-17-7-2-8-18-34)20-39-29-33-32-28(35(29)22-9-3-1-4-10-22)25-19-30-26-12-6-5-11-24(25)26/h1,3-6,9-16,19,30H,2,7-8,17-18,20H2,(H,31,36). The Kier molecular flexibility index (Phi) is 7.42. The fourth-order valence-corrected chi connectivity index (χ4v) is 7.16. The first-order chi connectivity index (χ1) is 19.5. The van der Waals surface area contributed by atoms with Crippen molar-refractivity contribution in [3.8, 4) is 17.1 Å². The lowest BCUT2D eigenvalue weighted by Crippen LogP contribution is -2.35. The number of amides is 1. The van der Waals surface area contributed by atoms with Crippen LogP contribution < -0.4 is 5.32 Å². The number of carbonyl (C=O) groups is 1. The SMILES string of the molecule is O=C(CSc1nnc(-c2c[nH]c3ccccc23)n1-c1ccccc1)Nc1ccc(S(=O)(=O)N2CCCCC2)cc1. The first-order valence-corrected chi connectivity index (χ1v) is 15.5. The summed E-state index contributed by atoms with van der Waals surface area (Å²) in [4.78, 5) is 16.4. The number of H-pyrrole nitrogens is 1. The van der Waals surface area contributed by atoms with Crippen LogP contribution in [0.3, 0.4) is 0 Å². The Morgan fingerprint density at radius 1 is 0.900 bits per heavy atom. The highest BCUT2D eigenvalue weighted by Crippen LogP contribution is 2.32. The van der Waals surface area contributed by atoms with Crippen LogP contribution >= 0.6 is 11.8 Å². The summed E-state index contributed by atoms with van der Waals surface area (Å²) in [7, 11) is -3.52. The van der Waals surface area contributed by atoms with Gasteiger partial charge in [0.15, 0.2) is 11.0 Å². The number of aromatic amines is 1. The first-order valence-electron chi connectivity index (χ1n) is 13.1. The molecule has 3 aromatic carbocycles. The molecule has 0 saturated carbocycles. The second-order valence-corrected chi connectivity index (χ2v) is 12.4. The van der Waals surface area contributed by atoms with Gasteiger partial charge in [-0.3, -0.25) is 9.36 Å². The number of nitrogens with one attached hydrogen (secondary N) is 2. The summed E-state index contributed by atoms with van der Waals surface area (Å²) in [5.41, 5.74) is 3.35. The number of anilines is 1. The van der Waals surface area contributed by atoms with Crippen molar-refractivity contribution in [1.29, 1.82) is 0 Å². The fraction of sp³-hybridized carbons (Fsp3) is 0.207. The number of nitrogens with zero attached hydrogens (tertiary/aromatic N) is 4. The van der Waals surface area contributed by atoms with Crippen LogP contribution in [-0.4, -0.2) is 57.2 Å². The molecule has 2 aromatic heterocycles. The topological polar surface area (TPSA) is 113 Å². The number of carbonyl (C=O) groups excluding carboxylic acids is 1. The Balaban J connectivity index is 1.18. The lowest BCUT2D eigenvalue weighted by atomic mass is 10.1. The van der Waals surface area contributed by atoms with Gasteiger partial charge in [-0.2, -0.15) is 4.31 Å². The molecule has 0 unspecified atom stereocenters. The number of piperidine rings is 1. The molecule has 204 valence electrons. The summed E-state index contributed by atoms with van der Waals surface area (Å²) < 4.78 is 29.3. The summed E-state index contributed by atoms with van der Waals surface area (Å²) in [5.74, 6) is 0.553. The number of rotatable bonds is 8. The van der Waals surface area contributed by atoms with E-state index in [9.17, 15) is 13.2 Å². The number of hydrogen-bond acceptors (Lipinski definition) is 6. The maximum atomic E-state index is 12.9. The molecular weight excluding hydrogens is 544 g/mol. The van der Waals surface area contributed by atoms with E-state index in [1.165, 1.54) is 16.1 Å². The van der Waals surface area contributed by atoms with Crippen LogP contribution in [0.25, 0.3) is 28.0 Å². The highest BCUT2D eigenvalue weighted by Gasteiger charge is 2.26. The number of fused-ring (bicyclic) bond motifs is 1. The van der Waals surface area contributed by atoms with Crippen LogP contribution in [0.2, 0.25) is 0 Å². The van der Waals surface area contributed by atoms with Crippen molar-refractivity contribution in [1.82, 2.24) is 24.1 Å². The van der Waals surface area contributed by atoms with E-state index in [1.807, 2.05) is 65.4 Å². The number of aromatic nitrogens is 4. The van der Waals surface area contributed by atoms with Crippen molar-refractivity contribution >= 4 is 44.3 Å². The van der Waals surface area contributed by atoms with Gasteiger partial charge in [0, 0.05) is 47.1 Å². The van der Waals surface area contributed by atoms with Crippen molar-refractivity contribution in [2.45, 2.75) is 29.3 Å². The van der Waals surface area contributed by atoms with E-state index >= 15 is 0 Å². The molecule has 9 nitrogen and oxygen atoms in total. The highest BCUT2D eigenvalue weighted by atomic mass is 32.2. The van der Waals surface area contributed by atoms with Gasteiger partial charge in [-0.25, -0.2) is 8.42 Å². The van der Waals surface area contributed by atoms with Gasteiger partial charge in [0.1, 0.15) is 0 Å². The molecule has 1 fully saturated rings. The van der Waals surface area contributed by atoms with Gasteiger partial charge >= 0.3 is 0 Å². The average molecular weight is 573 g/mol. The minimum Gasteiger partial charge on any atom is -0.360 e. The zero-order chi connectivity index (χ0) is 27.5. The predicted molar refractivity (Wildman–Crippen MR) is 157 cm³/mol. The molecule has 1 amide bonds. The number of sulfonamides is 1. The molecule has 2 N–H and O–H groups in total. The lowest BCUT2D eigenvalue weighted by Gasteiger charge is -2.25. The predicted octanol–water partition coefficient (Wildman–Crippen LogP) is 5.32. The minimum absolute atomic E-state index is 0.104. The van der Waals surface area contributed by atoms with Crippen LogP contribution in [0.15, 0.2) is 95.1 Å². The Morgan fingerprint density at radius 2 is 1.62 bits per heavy atom. The van der Waals surface area contributed by atoms with E-state index in [4.69, 9.17) is 0 Å². The second kappa shape index (κ2) is 11.3. The third-order valence-corrected chi connectivity index (χ3v) is 9.74. The molecular formula is C29H28N6O3S2. The van der Waals surface area contributed by atoms with E-state index in [1.54, 1.807) is 24.3 Å². The van der Waals surface area contributed by atoms with Gasteiger partial charge in [0.25, 0.3) is 0 Å². The number of thioether (sulfide) groups is 1. The Morgan fingerprint density at radius 3 is 2.40 bits per heavy atom. The molecule has 11 heteroatoms. The van der Waals surface area contributed by atoms with Gasteiger partial charge in [0.05, 0.1) is 10.6 Å². The van der Waals surface area contributed by atoms with Crippen LogP contribution in [0.5, 0.6) is 0 Å². The van der Waals surface area contributed by atoms with Crippen molar-refractivity contribution in [2.75, 3.05) is 24.2 Å². The highest BCUT2D eigenvalue weighted by molar-refractivity contribution is 7.99. The largest absolute Gasteiger partial charge is 0.360 e. The molecule has 3 heterocycles. The molecule has 5 aromatic rings. The molecule has 0 bridgehead atoms. The number of para-hydroxylation sites is 2. The normalized spacial score (nSPS) is 14.4. The average Bonchev–Trinajstić information content (AvgIpc) is 3.61. The van der Waals surface area contributed by atoms with Crippen molar-refractivity contribution in [3.05, 3.63) is 85.1 Å². The van der Waals surface area contributed by atoms with Crippen LogP contribution in [-0.2, 0) is 14.8 Å². The van der Waals surface area contributed by atoms with Crippen LogP contribution in [0, 0.1) is 0 Å². The quantitative estimate of drug-likeness (QED) is 0.243. The number of benzene rings is 3. The van der Waals surface area contributed by atoms with Crippen molar-refractivity contribution < 1.29 is 13.2 Å². The lowest BCUT2D eigenvalue weighted by molar-refractivity contribution is -0.113. The van der Waals surface area contributed by atoms with Gasteiger partial charge in [-0.05, 0) is 55.3 Å². The summed E-state index contributed by atoms with van der Waals surface area (Å²) in [5, 5.41) is 13.4. The third-order valence-electron chi connectivity index (χ3n) is 6.90. The summed E-state index contributed by atoms with van der Waals surface area (Å²) >= 11 is 1.28. The zero-order valence-electron chi connectivity index (χ0n) is 21.7. The van der Waals surface area contributed by atoms with Gasteiger partial charge in [-0.1, -0.05) is 54.6 Å². The monoisotopic (exact) mass is 572 g/mol. The first kappa shape index (κ1) is 26.3. The van der Waals surface area contributed by atoms with Crippen LogP contribution in [0.4, 0.5) is 5.69 Å². The molecule has 1 aliphatic rings. The molecule has 40 heavy (non-hydrogen) atoms. The Labute approximate surface area is 236 Å². The molecule has 1 aliphatic heterocycles. The molecule has 0 spiro atoms. The zero-order valence-corrected chi connectivity index (χ0v) is 23.3. The smallest absolute Gasteiger partial charge is 0.243 e. The van der Waals surface area contributed by atoms with Crippen molar-refractivity contribution in [3.63, 3.8) is 0 Å². The molecule has 0 aliphatic carbocycles. The molecule has 0 atom stereocenters.